The molecule has 0 radical (unpaired) electrons. The van der Waals surface area contributed by atoms with Crippen LogP contribution in [0.15, 0.2) is 41.3 Å². The molecule has 2 aromatic rings. The van der Waals surface area contributed by atoms with E-state index in [0.29, 0.717) is 26.1 Å². The number of nitrogens with zero attached hydrogens (tertiary/aromatic N) is 2. The normalized spacial score (nSPS) is 20.1. The van der Waals surface area contributed by atoms with Gasteiger partial charge in [-0.2, -0.15) is 4.31 Å². The Bertz CT molecular complexity index is 1080. The molecule has 2 aromatic carbocycles. The lowest BCUT2D eigenvalue weighted by Gasteiger charge is -2.35. The van der Waals surface area contributed by atoms with Crippen LogP contribution >= 0.6 is 0 Å². The minimum absolute atomic E-state index is 0.110. The fourth-order valence-electron chi connectivity index (χ4n) is 4.31. The molecule has 1 unspecified atom stereocenters. The number of rotatable bonds is 3. The lowest BCUT2D eigenvalue weighted by atomic mass is 9.93. The van der Waals surface area contributed by atoms with Crippen LogP contribution in [0.5, 0.6) is 0 Å². The summed E-state index contributed by atoms with van der Waals surface area (Å²) < 4.78 is 55.4. The fraction of sp³-hybridized carbons (Fsp3) is 0.409. The van der Waals surface area contributed by atoms with Crippen LogP contribution in [0.25, 0.3) is 0 Å². The van der Waals surface area contributed by atoms with Crippen LogP contribution in [0.1, 0.15) is 53.7 Å². The molecule has 2 aliphatic heterocycles. The molecule has 30 heavy (non-hydrogen) atoms. The number of amides is 1. The number of benzene rings is 2. The Morgan fingerprint density at radius 3 is 2.47 bits per heavy atom. The molecule has 0 aliphatic carbocycles. The summed E-state index contributed by atoms with van der Waals surface area (Å²) in [5.41, 5.74) is 1.83. The molecule has 0 spiro atoms. The maximum Gasteiger partial charge on any atom is 0.254 e. The zero-order valence-electron chi connectivity index (χ0n) is 16.8. The van der Waals surface area contributed by atoms with Gasteiger partial charge in [0, 0.05) is 25.2 Å². The lowest BCUT2D eigenvalue weighted by Crippen LogP contribution is -2.39. The molecule has 2 heterocycles. The molecule has 1 atom stereocenters. The van der Waals surface area contributed by atoms with E-state index < -0.39 is 26.6 Å². The number of carbonyl (C=O) groups excluding carboxylic acids is 1. The summed E-state index contributed by atoms with van der Waals surface area (Å²) in [6.45, 7) is 2.94. The van der Waals surface area contributed by atoms with Gasteiger partial charge in [-0.3, -0.25) is 4.79 Å². The van der Waals surface area contributed by atoms with E-state index in [4.69, 9.17) is 0 Å². The van der Waals surface area contributed by atoms with Crippen LogP contribution in [0, 0.1) is 11.6 Å². The predicted molar refractivity (Wildman–Crippen MR) is 109 cm³/mol. The van der Waals surface area contributed by atoms with Gasteiger partial charge in [0.25, 0.3) is 5.91 Å². The van der Waals surface area contributed by atoms with Crippen molar-refractivity contribution in [2.75, 3.05) is 19.6 Å². The Labute approximate surface area is 175 Å². The summed E-state index contributed by atoms with van der Waals surface area (Å²) in [6, 6.07) is 7.66. The number of hydrogen-bond donors (Lipinski definition) is 0. The van der Waals surface area contributed by atoms with Crippen molar-refractivity contribution in [2.45, 2.75) is 43.5 Å². The zero-order valence-corrected chi connectivity index (χ0v) is 17.6. The number of carbonyl (C=O) groups is 1. The van der Waals surface area contributed by atoms with Gasteiger partial charge in [0.15, 0.2) is 0 Å². The van der Waals surface area contributed by atoms with Gasteiger partial charge in [-0.25, -0.2) is 17.2 Å². The van der Waals surface area contributed by atoms with Gasteiger partial charge in [-0.1, -0.05) is 12.5 Å². The van der Waals surface area contributed by atoms with Gasteiger partial charge in [-0.05, 0) is 67.6 Å². The Hall–Kier alpha value is -2.32. The highest BCUT2D eigenvalue weighted by Gasteiger charge is 2.32. The van der Waals surface area contributed by atoms with Crippen molar-refractivity contribution in [1.82, 2.24) is 9.21 Å². The van der Waals surface area contributed by atoms with Crippen molar-refractivity contribution in [3.05, 3.63) is 64.7 Å². The molecule has 0 saturated carbocycles. The Morgan fingerprint density at radius 2 is 1.73 bits per heavy atom. The zero-order chi connectivity index (χ0) is 21.5. The molecule has 0 bridgehead atoms. The van der Waals surface area contributed by atoms with Crippen LogP contribution in [0.2, 0.25) is 0 Å². The highest BCUT2D eigenvalue weighted by atomic mass is 32.2. The number of hydrogen-bond acceptors (Lipinski definition) is 3. The van der Waals surface area contributed by atoms with Gasteiger partial charge in [-0.15, -0.1) is 0 Å². The lowest BCUT2D eigenvalue weighted by molar-refractivity contribution is 0.0677. The van der Waals surface area contributed by atoms with Crippen LogP contribution in [-0.4, -0.2) is 43.2 Å². The number of fused-ring (bicyclic) bond motifs is 1. The monoisotopic (exact) mass is 434 g/mol. The summed E-state index contributed by atoms with van der Waals surface area (Å²) >= 11 is 0. The van der Waals surface area contributed by atoms with Gasteiger partial charge in [0.05, 0.1) is 6.04 Å². The van der Waals surface area contributed by atoms with Crippen LogP contribution in [0.3, 0.4) is 0 Å². The van der Waals surface area contributed by atoms with E-state index in [1.165, 1.54) is 22.5 Å². The van der Waals surface area contributed by atoms with E-state index >= 15 is 0 Å². The van der Waals surface area contributed by atoms with Crippen molar-refractivity contribution in [3.63, 3.8) is 0 Å². The SMILES string of the molecule is CC1c2cc(F)ccc2CCN1C(=O)c1ccc(F)c(S(=O)(=O)N2CCCCC2)c1. The van der Waals surface area contributed by atoms with Crippen molar-refractivity contribution in [2.24, 2.45) is 0 Å². The average molecular weight is 435 g/mol. The molecular weight excluding hydrogens is 410 g/mol. The van der Waals surface area contributed by atoms with Crippen molar-refractivity contribution < 1.29 is 22.0 Å². The third kappa shape index (κ3) is 3.74. The van der Waals surface area contributed by atoms with E-state index in [2.05, 4.69) is 0 Å². The van der Waals surface area contributed by atoms with E-state index in [1.54, 1.807) is 11.0 Å². The standard InChI is InChI=1S/C22H24F2N2O3S/c1-15-19-14-18(23)7-5-16(19)9-12-26(15)22(27)17-6-8-20(24)21(13-17)30(28,29)25-10-3-2-4-11-25/h5-8,13-15H,2-4,9-12H2,1H3. The highest BCUT2D eigenvalue weighted by Crippen LogP contribution is 2.32. The summed E-state index contributed by atoms with van der Waals surface area (Å²) in [6.07, 6.45) is 3.00. The quantitative estimate of drug-likeness (QED) is 0.736. The molecule has 160 valence electrons. The predicted octanol–water partition coefficient (Wildman–Crippen LogP) is 3.90. The van der Waals surface area contributed by atoms with Gasteiger partial charge < -0.3 is 4.90 Å². The molecule has 1 fully saturated rings. The summed E-state index contributed by atoms with van der Waals surface area (Å²) in [5, 5.41) is 0. The first-order valence-corrected chi connectivity index (χ1v) is 11.6. The molecule has 8 heteroatoms. The van der Waals surface area contributed by atoms with Crippen LogP contribution in [0.4, 0.5) is 8.78 Å². The van der Waals surface area contributed by atoms with E-state index in [-0.39, 0.29) is 17.4 Å². The van der Waals surface area contributed by atoms with E-state index in [1.807, 2.05) is 6.92 Å². The van der Waals surface area contributed by atoms with E-state index in [9.17, 15) is 22.0 Å². The van der Waals surface area contributed by atoms with Gasteiger partial charge in [0.1, 0.15) is 16.5 Å². The fourth-order valence-corrected chi connectivity index (χ4v) is 5.91. The van der Waals surface area contributed by atoms with Crippen LogP contribution < -0.4 is 0 Å². The molecule has 0 aromatic heterocycles. The third-order valence-electron chi connectivity index (χ3n) is 6.02. The minimum atomic E-state index is -4.01. The molecule has 0 N–H and O–H groups in total. The molecule has 4 rings (SSSR count). The highest BCUT2D eigenvalue weighted by molar-refractivity contribution is 7.89. The maximum absolute atomic E-state index is 14.5. The second-order valence-electron chi connectivity index (χ2n) is 7.88. The molecule has 1 amide bonds. The summed E-state index contributed by atoms with van der Waals surface area (Å²) in [7, 11) is -4.01. The second kappa shape index (κ2) is 8.07. The van der Waals surface area contributed by atoms with Gasteiger partial charge >= 0.3 is 0 Å². The van der Waals surface area contributed by atoms with E-state index in [0.717, 1.165) is 42.5 Å². The van der Waals surface area contributed by atoms with Gasteiger partial charge in [0.2, 0.25) is 10.0 Å². The van der Waals surface area contributed by atoms with Crippen LogP contribution in [-0.2, 0) is 16.4 Å². The number of sulfonamides is 1. The molecule has 2 aliphatic rings. The third-order valence-corrected chi connectivity index (χ3v) is 7.93. The first kappa shape index (κ1) is 20.9. The largest absolute Gasteiger partial charge is 0.332 e. The van der Waals surface area contributed by atoms with Crippen molar-refractivity contribution in [1.29, 1.82) is 0 Å². The van der Waals surface area contributed by atoms with Crippen molar-refractivity contribution in [3.8, 4) is 0 Å². The smallest absolute Gasteiger partial charge is 0.254 e. The number of halogens is 2. The summed E-state index contributed by atoms with van der Waals surface area (Å²) in [4.78, 5) is 14.3. The minimum Gasteiger partial charge on any atom is -0.332 e. The topological polar surface area (TPSA) is 57.7 Å². The Morgan fingerprint density at radius 1 is 1.00 bits per heavy atom. The molecule has 1 saturated heterocycles. The maximum atomic E-state index is 14.5. The molecular formula is C22H24F2N2O3S. The first-order valence-electron chi connectivity index (χ1n) is 10.2. The Kier molecular flexibility index (Phi) is 5.63. The second-order valence-corrected chi connectivity index (χ2v) is 9.78. The number of piperidine rings is 1. The average Bonchev–Trinajstić information content (AvgIpc) is 2.75. The first-order chi connectivity index (χ1) is 14.3. The molecule has 5 nitrogen and oxygen atoms in total. The van der Waals surface area contributed by atoms with Crippen molar-refractivity contribution >= 4 is 15.9 Å². The Balaban J connectivity index is 1.65. The summed E-state index contributed by atoms with van der Waals surface area (Å²) in [5.74, 6) is -1.63.